The van der Waals surface area contributed by atoms with E-state index in [2.05, 4.69) is 10.1 Å². The normalized spacial score (nSPS) is 15.9. The van der Waals surface area contributed by atoms with Crippen LogP contribution in [-0.4, -0.2) is 48.3 Å². The second-order valence-electron chi connectivity index (χ2n) is 7.24. The van der Waals surface area contributed by atoms with Crippen LogP contribution in [0, 0.1) is 0 Å². The van der Waals surface area contributed by atoms with Crippen LogP contribution in [0.1, 0.15) is 32.8 Å². The number of hydrazone groups is 1. The van der Waals surface area contributed by atoms with Gasteiger partial charge in [0.1, 0.15) is 21.5 Å². The van der Waals surface area contributed by atoms with Crippen LogP contribution < -0.4 is 4.90 Å². The third-order valence-electron chi connectivity index (χ3n) is 4.83. The van der Waals surface area contributed by atoms with E-state index in [1.54, 1.807) is 29.7 Å². The van der Waals surface area contributed by atoms with Crippen molar-refractivity contribution in [2.24, 2.45) is 5.10 Å². The zero-order valence-corrected chi connectivity index (χ0v) is 19.6. The molecule has 0 saturated heterocycles. The Morgan fingerprint density at radius 3 is 2.84 bits per heavy atom. The number of hydrogen-bond acceptors (Lipinski definition) is 10. The van der Waals surface area contributed by atoms with E-state index in [-0.39, 0.29) is 6.04 Å². The Bertz CT molecular complexity index is 1260. The van der Waals surface area contributed by atoms with Gasteiger partial charge in [-0.1, -0.05) is 17.4 Å². The fourth-order valence-corrected chi connectivity index (χ4v) is 6.06. The molecule has 8 nitrogen and oxygen atoms in total. The molecular weight excluding hydrogens is 468 g/mol. The first-order valence-corrected chi connectivity index (χ1v) is 12.2. The van der Waals surface area contributed by atoms with Gasteiger partial charge in [0.15, 0.2) is 11.7 Å². The summed E-state index contributed by atoms with van der Waals surface area (Å²) >= 11 is 4.32. The van der Waals surface area contributed by atoms with E-state index in [9.17, 15) is 9.59 Å². The lowest BCUT2D eigenvalue weighted by Crippen LogP contribution is -2.31. The standard InChI is InChI=1S/C21H18N4O4S3/c1-24(2)21-22-19-16(32-21)10-17(31-19)20(27)29-11-18(26)25-13(14-5-3-7-28-14)9-12(23-25)15-6-4-8-30-15/h3-8,10,13H,9,11H2,1-2H3. The van der Waals surface area contributed by atoms with Gasteiger partial charge in [-0.05, 0) is 29.6 Å². The van der Waals surface area contributed by atoms with Crippen molar-refractivity contribution in [2.75, 3.05) is 25.6 Å². The first-order chi connectivity index (χ1) is 15.5. The maximum Gasteiger partial charge on any atom is 0.348 e. The molecule has 1 atom stereocenters. The van der Waals surface area contributed by atoms with Gasteiger partial charge in [-0.2, -0.15) is 5.10 Å². The van der Waals surface area contributed by atoms with Crippen LogP contribution in [0.25, 0.3) is 9.53 Å². The van der Waals surface area contributed by atoms with Gasteiger partial charge in [0.2, 0.25) is 0 Å². The van der Waals surface area contributed by atoms with Crippen LogP contribution >= 0.6 is 34.0 Å². The summed E-state index contributed by atoms with van der Waals surface area (Å²) in [6.45, 7) is -0.404. The summed E-state index contributed by atoms with van der Waals surface area (Å²) in [6, 6.07) is 8.89. The number of nitrogens with zero attached hydrogens (tertiary/aromatic N) is 4. The molecular formula is C21H18N4O4S3. The molecule has 5 heterocycles. The quantitative estimate of drug-likeness (QED) is 0.370. The Morgan fingerprint density at radius 2 is 2.16 bits per heavy atom. The zero-order chi connectivity index (χ0) is 22.2. The van der Waals surface area contributed by atoms with Crippen molar-refractivity contribution < 1.29 is 18.7 Å². The average Bonchev–Trinajstić information content (AvgIpc) is 3.58. The smallest absolute Gasteiger partial charge is 0.348 e. The highest BCUT2D eigenvalue weighted by molar-refractivity contribution is 7.29. The highest BCUT2D eigenvalue weighted by Gasteiger charge is 2.35. The highest BCUT2D eigenvalue weighted by atomic mass is 32.1. The molecule has 0 radical (unpaired) electrons. The second kappa shape index (κ2) is 8.49. The molecule has 1 aliphatic heterocycles. The van der Waals surface area contributed by atoms with E-state index in [1.165, 1.54) is 27.7 Å². The number of hydrogen-bond donors (Lipinski definition) is 0. The maximum atomic E-state index is 12.9. The summed E-state index contributed by atoms with van der Waals surface area (Å²) in [7, 11) is 3.84. The number of rotatable bonds is 6. The summed E-state index contributed by atoms with van der Waals surface area (Å²) in [5.74, 6) is -0.310. The van der Waals surface area contributed by atoms with Crippen LogP contribution in [0.3, 0.4) is 0 Å². The van der Waals surface area contributed by atoms with Gasteiger partial charge in [-0.15, -0.1) is 22.7 Å². The Hall–Kier alpha value is -3.02. The number of furan rings is 1. The number of aromatic nitrogens is 1. The van der Waals surface area contributed by atoms with Gasteiger partial charge in [0.25, 0.3) is 5.91 Å². The van der Waals surface area contributed by atoms with Gasteiger partial charge in [-0.25, -0.2) is 14.8 Å². The van der Waals surface area contributed by atoms with Crippen LogP contribution in [0.4, 0.5) is 5.13 Å². The molecule has 11 heteroatoms. The second-order valence-corrected chi connectivity index (χ2v) is 10.2. The minimum Gasteiger partial charge on any atom is -0.467 e. The van der Waals surface area contributed by atoms with Crippen molar-refractivity contribution in [1.29, 1.82) is 0 Å². The largest absolute Gasteiger partial charge is 0.467 e. The molecule has 0 N–H and O–H groups in total. The van der Waals surface area contributed by atoms with Crippen LogP contribution in [0.2, 0.25) is 0 Å². The number of fused-ring (bicyclic) bond motifs is 1. The number of ether oxygens (including phenoxy) is 1. The van der Waals surface area contributed by atoms with Crippen LogP contribution in [0.15, 0.2) is 51.5 Å². The van der Waals surface area contributed by atoms with E-state index in [0.29, 0.717) is 17.1 Å². The molecule has 0 aliphatic carbocycles. The average molecular weight is 487 g/mol. The molecule has 32 heavy (non-hydrogen) atoms. The minimum atomic E-state index is -0.545. The number of carbonyl (C=O) groups excluding carboxylic acids is 2. The molecule has 4 aromatic heterocycles. The number of anilines is 1. The minimum absolute atomic E-state index is 0.367. The Kier molecular flexibility index (Phi) is 5.53. The molecule has 0 aromatic carbocycles. The monoisotopic (exact) mass is 486 g/mol. The molecule has 0 spiro atoms. The van der Waals surface area contributed by atoms with Crippen molar-refractivity contribution >= 4 is 66.3 Å². The lowest BCUT2D eigenvalue weighted by atomic mass is 10.1. The fourth-order valence-electron chi connectivity index (χ4n) is 3.31. The van der Waals surface area contributed by atoms with Crippen LogP contribution in [-0.2, 0) is 9.53 Å². The third-order valence-corrected chi connectivity index (χ3v) is 8.06. The first kappa shape index (κ1) is 20.9. The van der Waals surface area contributed by atoms with E-state index in [4.69, 9.17) is 9.15 Å². The van der Waals surface area contributed by atoms with Gasteiger partial charge < -0.3 is 14.1 Å². The van der Waals surface area contributed by atoms with E-state index in [0.717, 1.165) is 25.3 Å². The SMILES string of the molecule is CN(C)c1nc2sc(C(=O)OCC(=O)N3N=C(c4cccs4)CC3c3ccco3)cc2s1. The molecule has 0 saturated carbocycles. The predicted molar refractivity (Wildman–Crippen MR) is 126 cm³/mol. The molecule has 1 amide bonds. The Labute approximate surface area is 195 Å². The van der Waals surface area contributed by atoms with E-state index < -0.39 is 18.5 Å². The summed E-state index contributed by atoms with van der Waals surface area (Å²) in [5, 5.41) is 8.72. The van der Waals surface area contributed by atoms with Crippen LogP contribution in [0.5, 0.6) is 0 Å². The highest BCUT2D eigenvalue weighted by Crippen LogP contribution is 2.35. The molecule has 164 valence electrons. The Morgan fingerprint density at radius 1 is 1.28 bits per heavy atom. The number of esters is 1. The van der Waals surface area contributed by atoms with Gasteiger partial charge in [0.05, 0.1) is 21.6 Å². The van der Waals surface area contributed by atoms with Gasteiger partial charge in [-0.3, -0.25) is 4.79 Å². The number of carbonyl (C=O) groups is 2. The van der Waals surface area contributed by atoms with Gasteiger partial charge >= 0.3 is 5.97 Å². The number of amides is 1. The first-order valence-electron chi connectivity index (χ1n) is 9.71. The lowest BCUT2D eigenvalue weighted by Gasteiger charge is -2.19. The number of thiazole rings is 1. The van der Waals surface area contributed by atoms with Crippen molar-refractivity contribution in [2.45, 2.75) is 12.5 Å². The number of thiophene rings is 2. The molecule has 0 fully saturated rings. The summed E-state index contributed by atoms with van der Waals surface area (Å²) in [4.78, 5) is 34.1. The molecule has 1 aliphatic rings. The van der Waals surface area contributed by atoms with Crippen molar-refractivity contribution in [1.82, 2.24) is 9.99 Å². The molecule has 1 unspecified atom stereocenters. The fraction of sp³-hybridized carbons (Fsp3) is 0.238. The molecule has 0 bridgehead atoms. The van der Waals surface area contributed by atoms with E-state index in [1.807, 2.05) is 42.6 Å². The third kappa shape index (κ3) is 3.94. The summed E-state index contributed by atoms with van der Waals surface area (Å²) < 4.78 is 11.8. The van der Waals surface area contributed by atoms with Crippen molar-refractivity contribution in [3.8, 4) is 0 Å². The van der Waals surface area contributed by atoms with Crippen molar-refractivity contribution in [3.05, 3.63) is 57.5 Å². The predicted octanol–water partition coefficient (Wildman–Crippen LogP) is 4.61. The molecule has 5 rings (SSSR count). The topological polar surface area (TPSA) is 88.2 Å². The van der Waals surface area contributed by atoms with E-state index >= 15 is 0 Å². The summed E-state index contributed by atoms with van der Waals surface area (Å²) in [5.41, 5.74) is 0.808. The maximum absolute atomic E-state index is 12.9. The Balaban J connectivity index is 1.29. The summed E-state index contributed by atoms with van der Waals surface area (Å²) in [6.07, 6.45) is 2.11. The van der Waals surface area contributed by atoms with Crippen molar-refractivity contribution in [3.63, 3.8) is 0 Å². The zero-order valence-electron chi connectivity index (χ0n) is 17.2. The van der Waals surface area contributed by atoms with Gasteiger partial charge in [0, 0.05) is 20.5 Å². The molecule has 4 aromatic rings. The lowest BCUT2D eigenvalue weighted by molar-refractivity contribution is -0.136.